The van der Waals surface area contributed by atoms with Crippen molar-refractivity contribution in [3.8, 4) is 22.0 Å². The minimum atomic E-state index is -3.76. The van der Waals surface area contributed by atoms with Gasteiger partial charge in [-0.3, -0.25) is 4.72 Å². The summed E-state index contributed by atoms with van der Waals surface area (Å²) in [6.07, 6.45) is 0. The van der Waals surface area contributed by atoms with E-state index in [9.17, 15) is 8.42 Å². The van der Waals surface area contributed by atoms with Crippen LogP contribution in [0, 0.1) is 0 Å². The van der Waals surface area contributed by atoms with E-state index < -0.39 is 10.0 Å². The van der Waals surface area contributed by atoms with Gasteiger partial charge in [-0.05, 0) is 58.6 Å². The SMILES string of the molecule is O=S(=O)(Nc1cccc(-c2ccc3nnc(-c4cccs4)n3n2)c1)c1ccc2ccccc2c1. The van der Waals surface area contributed by atoms with E-state index in [1.807, 2.05) is 66.0 Å². The van der Waals surface area contributed by atoms with E-state index in [4.69, 9.17) is 5.10 Å². The highest BCUT2D eigenvalue weighted by Gasteiger charge is 2.16. The van der Waals surface area contributed by atoms with Crippen molar-refractivity contribution in [2.75, 3.05) is 4.72 Å². The number of hydrogen-bond donors (Lipinski definition) is 1. The van der Waals surface area contributed by atoms with Gasteiger partial charge in [0.1, 0.15) is 0 Å². The maximum Gasteiger partial charge on any atom is 0.261 e. The molecule has 0 aliphatic carbocycles. The number of nitrogens with zero attached hydrogens (tertiary/aromatic N) is 4. The Balaban J connectivity index is 1.34. The topological polar surface area (TPSA) is 89.2 Å². The molecule has 9 heteroatoms. The van der Waals surface area contributed by atoms with Crippen molar-refractivity contribution in [2.45, 2.75) is 4.90 Å². The average molecular weight is 484 g/mol. The predicted octanol–water partition coefficient (Wildman–Crippen LogP) is 5.47. The van der Waals surface area contributed by atoms with Crippen LogP contribution < -0.4 is 4.72 Å². The van der Waals surface area contributed by atoms with Crippen LogP contribution in [-0.2, 0) is 10.0 Å². The second-order valence-electron chi connectivity index (χ2n) is 7.68. The quantitative estimate of drug-likeness (QED) is 0.351. The van der Waals surface area contributed by atoms with Gasteiger partial charge >= 0.3 is 0 Å². The standard InChI is InChI=1S/C25H17N5O2S2/c31-34(32,21-11-10-17-5-1-2-6-18(17)16-21)29-20-8-3-7-19(15-20)22-12-13-24-26-27-25(30(24)28-22)23-9-4-14-33-23/h1-16,29H. The zero-order valence-corrected chi connectivity index (χ0v) is 19.3. The first-order valence-corrected chi connectivity index (χ1v) is 12.8. The summed E-state index contributed by atoms with van der Waals surface area (Å²) in [5.41, 5.74) is 2.54. The van der Waals surface area contributed by atoms with Gasteiger partial charge in [0, 0.05) is 11.3 Å². The first-order valence-electron chi connectivity index (χ1n) is 10.5. The second-order valence-corrected chi connectivity index (χ2v) is 10.3. The fraction of sp³-hybridized carbons (Fsp3) is 0. The molecule has 3 aromatic carbocycles. The smallest absolute Gasteiger partial charge is 0.261 e. The van der Waals surface area contributed by atoms with Crippen molar-refractivity contribution < 1.29 is 8.42 Å². The Morgan fingerprint density at radius 3 is 2.53 bits per heavy atom. The van der Waals surface area contributed by atoms with E-state index in [1.54, 1.807) is 46.2 Å². The van der Waals surface area contributed by atoms with Gasteiger partial charge in [0.15, 0.2) is 11.5 Å². The molecule has 6 rings (SSSR count). The fourth-order valence-electron chi connectivity index (χ4n) is 3.79. The van der Waals surface area contributed by atoms with E-state index in [0.717, 1.165) is 21.2 Å². The van der Waals surface area contributed by atoms with Crippen LogP contribution in [0.25, 0.3) is 38.4 Å². The highest BCUT2D eigenvalue weighted by atomic mass is 32.2. The van der Waals surface area contributed by atoms with E-state index in [-0.39, 0.29) is 4.90 Å². The molecule has 1 N–H and O–H groups in total. The third-order valence-corrected chi connectivity index (χ3v) is 7.69. The summed E-state index contributed by atoms with van der Waals surface area (Å²) in [6, 6.07) is 27.5. The molecule has 3 heterocycles. The number of anilines is 1. The lowest BCUT2D eigenvalue weighted by atomic mass is 10.1. The Bertz CT molecular complexity index is 1760. The number of sulfonamides is 1. The lowest BCUT2D eigenvalue weighted by molar-refractivity contribution is 0.601. The number of rotatable bonds is 5. The molecule has 0 saturated heterocycles. The fourth-order valence-corrected chi connectivity index (χ4v) is 5.57. The van der Waals surface area contributed by atoms with Crippen LogP contribution in [0.2, 0.25) is 0 Å². The van der Waals surface area contributed by atoms with Crippen molar-refractivity contribution in [3.63, 3.8) is 0 Å². The summed E-state index contributed by atoms with van der Waals surface area (Å²) in [5, 5.41) is 17.0. The van der Waals surface area contributed by atoms with Crippen LogP contribution in [-0.4, -0.2) is 28.2 Å². The first-order chi connectivity index (χ1) is 16.6. The van der Waals surface area contributed by atoms with Crippen molar-refractivity contribution in [3.05, 3.63) is 96.4 Å². The molecule has 0 atom stereocenters. The molecule has 166 valence electrons. The maximum absolute atomic E-state index is 13.1. The first kappa shape index (κ1) is 20.5. The number of nitrogens with one attached hydrogen (secondary N) is 1. The molecule has 0 aliphatic rings. The molecule has 0 radical (unpaired) electrons. The Labute approximate surface area is 199 Å². The Morgan fingerprint density at radius 1 is 0.794 bits per heavy atom. The third-order valence-electron chi connectivity index (χ3n) is 5.45. The average Bonchev–Trinajstić information content (AvgIpc) is 3.53. The van der Waals surface area contributed by atoms with Gasteiger partial charge in [-0.2, -0.15) is 9.61 Å². The van der Waals surface area contributed by atoms with Gasteiger partial charge in [0.05, 0.1) is 15.5 Å². The molecule has 0 aliphatic heterocycles. The summed E-state index contributed by atoms with van der Waals surface area (Å²) in [7, 11) is -3.76. The van der Waals surface area contributed by atoms with Crippen LogP contribution in [0.5, 0.6) is 0 Å². The molecule has 0 spiro atoms. The number of benzene rings is 3. The highest BCUT2D eigenvalue weighted by molar-refractivity contribution is 7.92. The van der Waals surface area contributed by atoms with Crippen LogP contribution in [0.4, 0.5) is 5.69 Å². The van der Waals surface area contributed by atoms with Crippen molar-refractivity contribution >= 4 is 43.5 Å². The molecule has 0 unspecified atom stereocenters. The normalized spacial score (nSPS) is 11.8. The monoisotopic (exact) mass is 483 g/mol. The summed E-state index contributed by atoms with van der Waals surface area (Å²) >= 11 is 1.56. The molecule has 34 heavy (non-hydrogen) atoms. The van der Waals surface area contributed by atoms with Crippen molar-refractivity contribution in [1.82, 2.24) is 19.8 Å². The number of aromatic nitrogens is 4. The molecular formula is C25H17N5O2S2. The summed E-state index contributed by atoms with van der Waals surface area (Å²) in [6.45, 7) is 0. The third kappa shape index (κ3) is 3.70. The van der Waals surface area contributed by atoms with Crippen molar-refractivity contribution in [1.29, 1.82) is 0 Å². The summed E-state index contributed by atoms with van der Waals surface area (Å²) in [5.74, 6) is 0.667. The van der Waals surface area contributed by atoms with Crippen molar-refractivity contribution in [2.24, 2.45) is 0 Å². The summed E-state index contributed by atoms with van der Waals surface area (Å²) in [4.78, 5) is 1.18. The van der Waals surface area contributed by atoms with Crippen LogP contribution in [0.1, 0.15) is 0 Å². The minimum absolute atomic E-state index is 0.209. The van der Waals surface area contributed by atoms with Crippen LogP contribution >= 0.6 is 11.3 Å². The number of hydrogen-bond acceptors (Lipinski definition) is 6. The predicted molar refractivity (Wildman–Crippen MR) is 134 cm³/mol. The van der Waals surface area contributed by atoms with Gasteiger partial charge in [0.2, 0.25) is 0 Å². The zero-order valence-electron chi connectivity index (χ0n) is 17.7. The molecule has 0 saturated carbocycles. The van der Waals surface area contributed by atoms with Gasteiger partial charge in [-0.1, -0.05) is 48.5 Å². The molecular weight excluding hydrogens is 466 g/mol. The van der Waals surface area contributed by atoms with Crippen LogP contribution in [0.15, 0.2) is 101 Å². The largest absolute Gasteiger partial charge is 0.280 e. The second kappa shape index (κ2) is 8.05. The van der Waals surface area contributed by atoms with Gasteiger partial charge in [-0.15, -0.1) is 21.5 Å². The molecule has 6 aromatic rings. The lowest BCUT2D eigenvalue weighted by Crippen LogP contribution is -2.13. The Kier molecular flexibility index (Phi) is 4.86. The Morgan fingerprint density at radius 2 is 1.68 bits per heavy atom. The van der Waals surface area contributed by atoms with Gasteiger partial charge in [-0.25, -0.2) is 8.42 Å². The molecule has 7 nitrogen and oxygen atoms in total. The lowest BCUT2D eigenvalue weighted by Gasteiger charge is -2.10. The van der Waals surface area contributed by atoms with Gasteiger partial charge < -0.3 is 0 Å². The number of fused-ring (bicyclic) bond motifs is 2. The van der Waals surface area contributed by atoms with E-state index >= 15 is 0 Å². The zero-order chi connectivity index (χ0) is 23.1. The minimum Gasteiger partial charge on any atom is -0.280 e. The van der Waals surface area contributed by atoms with Gasteiger partial charge in [0.25, 0.3) is 10.0 Å². The number of thiophene rings is 1. The molecule has 0 bridgehead atoms. The van der Waals surface area contributed by atoms with Crippen LogP contribution in [0.3, 0.4) is 0 Å². The molecule has 3 aromatic heterocycles. The molecule has 0 amide bonds. The highest BCUT2D eigenvalue weighted by Crippen LogP contribution is 2.27. The van der Waals surface area contributed by atoms with E-state index in [2.05, 4.69) is 14.9 Å². The summed E-state index contributed by atoms with van der Waals surface area (Å²) < 4.78 is 30.5. The van der Waals surface area contributed by atoms with E-state index in [0.29, 0.717) is 22.9 Å². The van der Waals surface area contributed by atoms with E-state index in [1.165, 1.54) is 0 Å². The maximum atomic E-state index is 13.1. The molecule has 0 fully saturated rings. The Hall–Kier alpha value is -4.08.